The minimum absolute atomic E-state index is 0.0738. The van der Waals surface area contributed by atoms with Gasteiger partial charge in [-0.1, -0.05) is 24.3 Å². The Hall–Kier alpha value is -3.25. The van der Waals surface area contributed by atoms with Gasteiger partial charge in [-0.25, -0.2) is 4.68 Å². The maximum Gasteiger partial charge on any atom is 0.269 e. The average molecular weight is 347 g/mol. The van der Waals surface area contributed by atoms with Gasteiger partial charge < -0.3 is 0 Å². The van der Waals surface area contributed by atoms with Gasteiger partial charge in [-0.2, -0.15) is 5.10 Å². The van der Waals surface area contributed by atoms with Crippen molar-refractivity contribution in [2.45, 2.75) is 0 Å². The first-order valence-electron chi connectivity index (χ1n) is 7.66. The number of nitrogens with zero attached hydrogens (tertiary/aromatic N) is 3. The Morgan fingerprint density at radius 2 is 1.72 bits per heavy atom. The van der Waals surface area contributed by atoms with Gasteiger partial charge in [0, 0.05) is 17.7 Å². The van der Waals surface area contributed by atoms with Gasteiger partial charge in [-0.05, 0) is 41.8 Å². The van der Waals surface area contributed by atoms with Crippen molar-refractivity contribution in [2.75, 3.05) is 0 Å². The first-order valence-corrected chi connectivity index (χ1v) is 8.54. The minimum Gasteiger partial charge on any atom is -0.258 e. The number of benzene rings is 2. The number of nitro benzene ring substituents is 1. The largest absolute Gasteiger partial charge is 0.269 e. The van der Waals surface area contributed by atoms with Gasteiger partial charge in [0.05, 0.1) is 26.9 Å². The summed E-state index contributed by atoms with van der Waals surface area (Å²) in [6.45, 7) is 0. The van der Waals surface area contributed by atoms with Crippen LogP contribution in [0, 0.1) is 10.1 Å². The second kappa shape index (κ2) is 6.33. The van der Waals surface area contributed by atoms with Crippen LogP contribution in [0.1, 0.15) is 0 Å². The van der Waals surface area contributed by atoms with E-state index in [0.29, 0.717) is 0 Å². The number of para-hydroxylation sites is 1. The summed E-state index contributed by atoms with van der Waals surface area (Å²) in [4.78, 5) is 11.6. The smallest absolute Gasteiger partial charge is 0.258 e. The van der Waals surface area contributed by atoms with E-state index in [1.807, 2.05) is 52.5 Å². The average Bonchev–Trinajstić information content (AvgIpc) is 3.32. The topological polar surface area (TPSA) is 61.0 Å². The second-order valence-corrected chi connectivity index (χ2v) is 6.39. The highest BCUT2D eigenvalue weighted by atomic mass is 32.1. The SMILES string of the molecule is O=[N+]([O-])c1ccc(-c2cc(-c3cccs3)n(-c3ccccc3)n2)cc1. The van der Waals surface area contributed by atoms with E-state index < -0.39 is 4.92 Å². The Balaban J connectivity index is 1.83. The summed E-state index contributed by atoms with van der Waals surface area (Å²) in [5.41, 5.74) is 3.67. The molecule has 4 aromatic rings. The molecular weight excluding hydrogens is 334 g/mol. The summed E-state index contributed by atoms with van der Waals surface area (Å²) in [6, 6.07) is 22.5. The maximum absolute atomic E-state index is 10.8. The van der Waals surface area contributed by atoms with Crippen molar-refractivity contribution < 1.29 is 4.92 Å². The van der Waals surface area contributed by atoms with Crippen LogP contribution in [0.3, 0.4) is 0 Å². The summed E-state index contributed by atoms with van der Waals surface area (Å²) < 4.78 is 1.91. The van der Waals surface area contributed by atoms with Gasteiger partial charge >= 0.3 is 0 Å². The van der Waals surface area contributed by atoms with Crippen molar-refractivity contribution in [3.8, 4) is 27.5 Å². The summed E-state index contributed by atoms with van der Waals surface area (Å²) in [6.07, 6.45) is 0. The van der Waals surface area contributed by atoms with Crippen LogP contribution in [0.2, 0.25) is 0 Å². The lowest BCUT2D eigenvalue weighted by atomic mass is 10.1. The van der Waals surface area contributed by atoms with E-state index in [1.165, 1.54) is 12.1 Å². The number of aromatic nitrogens is 2. The number of non-ortho nitro benzene ring substituents is 1. The highest BCUT2D eigenvalue weighted by Gasteiger charge is 2.14. The van der Waals surface area contributed by atoms with Crippen molar-refractivity contribution >= 4 is 17.0 Å². The van der Waals surface area contributed by atoms with Crippen molar-refractivity contribution in [1.29, 1.82) is 0 Å². The van der Waals surface area contributed by atoms with E-state index >= 15 is 0 Å². The third kappa shape index (κ3) is 2.95. The van der Waals surface area contributed by atoms with Crippen molar-refractivity contribution in [3.63, 3.8) is 0 Å². The standard InChI is InChI=1S/C19H13N3O2S/c23-22(24)16-10-8-14(9-11-16)17-13-18(19-7-4-12-25-19)21(20-17)15-5-2-1-3-6-15/h1-13H. The molecular formula is C19H13N3O2S. The van der Waals surface area contributed by atoms with Gasteiger partial charge in [0.15, 0.2) is 0 Å². The molecule has 2 heterocycles. The lowest BCUT2D eigenvalue weighted by Crippen LogP contribution is -1.98. The summed E-state index contributed by atoms with van der Waals surface area (Å²) in [5.74, 6) is 0. The monoisotopic (exact) mass is 347 g/mol. The number of thiophene rings is 1. The lowest BCUT2D eigenvalue weighted by molar-refractivity contribution is -0.384. The Kier molecular flexibility index (Phi) is 3.87. The first kappa shape index (κ1) is 15.3. The molecule has 0 fully saturated rings. The molecule has 2 aromatic heterocycles. The Morgan fingerprint density at radius 1 is 0.960 bits per heavy atom. The van der Waals surface area contributed by atoms with Gasteiger partial charge in [-0.3, -0.25) is 10.1 Å². The third-order valence-corrected chi connectivity index (χ3v) is 4.75. The molecule has 0 radical (unpaired) electrons. The van der Waals surface area contributed by atoms with Crippen molar-refractivity contribution in [1.82, 2.24) is 9.78 Å². The predicted molar refractivity (Wildman–Crippen MR) is 99.0 cm³/mol. The van der Waals surface area contributed by atoms with E-state index in [0.717, 1.165) is 27.5 Å². The van der Waals surface area contributed by atoms with Gasteiger partial charge in [0.1, 0.15) is 0 Å². The van der Waals surface area contributed by atoms with Crippen LogP contribution < -0.4 is 0 Å². The van der Waals surface area contributed by atoms with E-state index in [9.17, 15) is 10.1 Å². The Labute approximate surface area is 148 Å². The van der Waals surface area contributed by atoms with Crippen LogP contribution in [0.25, 0.3) is 27.5 Å². The van der Waals surface area contributed by atoms with Crippen molar-refractivity contribution in [3.05, 3.63) is 88.3 Å². The molecule has 122 valence electrons. The summed E-state index contributed by atoms with van der Waals surface area (Å²) in [7, 11) is 0. The molecule has 0 N–H and O–H groups in total. The first-order chi connectivity index (χ1) is 12.2. The Bertz CT molecular complexity index is 1010. The molecule has 2 aromatic carbocycles. The molecule has 0 aliphatic rings. The van der Waals surface area contributed by atoms with Crippen LogP contribution in [0.5, 0.6) is 0 Å². The maximum atomic E-state index is 10.8. The van der Waals surface area contributed by atoms with E-state index in [4.69, 9.17) is 5.10 Å². The molecule has 0 aliphatic heterocycles. The fourth-order valence-electron chi connectivity index (χ4n) is 2.64. The Morgan fingerprint density at radius 3 is 2.36 bits per heavy atom. The van der Waals surface area contributed by atoms with Crippen LogP contribution in [0.4, 0.5) is 5.69 Å². The number of nitro groups is 1. The number of rotatable bonds is 4. The third-order valence-electron chi connectivity index (χ3n) is 3.86. The van der Waals surface area contributed by atoms with Gasteiger partial charge in [-0.15, -0.1) is 11.3 Å². The summed E-state index contributed by atoms with van der Waals surface area (Å²) >= 11 is 1.65. The molecule has 0 unspecified atom stereocenters. The van der Waals surface area contributed by atoms with Gasteiger partial charge in [0.25, 0.3) is 5.69 Å². The fraction of sp³-hybridized carbons (Fsp3) is 0. The molecule has 0 saturated heterocycles. The quantitative estimate of drug-likeness (QED) is 0.378. The van der Waals surface area contributed by atoms with E-state index in [1.54, 1.807) is 23.5 Å². The molecule has 5 nitrogen and oxygen atoms in total. The van der Waals surface area contributed by atoms with E-state index in [-0.39, 0.29) is 5.69 Å². The molecule has 6 heteroatoms. The van der Waals surface area contributed by atoms with Gasteiger partial charge in [0.2, 0.25) is 0 Å². The van der Waals surface area contributed by atoms with E-state index in [2.05, 4.69) is 6.07 Å². The molecule has 0 aliphatic carbocycles. The fourth-order valence-corrected chi connectivity index (χ4v) is 3.37. The molecule has 0 bridgehead atoms. The van der Waals surface area contributed by atoms with Crippen LogP contribution in [-0.2, 0) is 0 Å². The van der Waals surface area contributed by atoms with Crippen LogP contribution in [-0.4, -0.2) is 14.7 Å². The molecule has 0 atom stereocenters. The zero-order valence-electron chi connectivity index (χ0n) is 13.1. The summed E-state index contributed by atoms with van der Waals surface area (Å²) in [5, 5.41) is 17.6. The number of hydrogen-bond donors (Lipinski definition) is 0. The molecule has 0 spiro atoms. The highest BCUT2D eigenvalue weighted by Crippen LogP contribution is 2.31. The lowest BCUT2D eigenvalue weighted by Gasteiger charge is -2.05. The minimum atomic E-state index is -0.399. The zero-order chi connectivity index (χ0) is 17.2. The van der Waals surface area contributed by atoms with Crippen molar-refractivity contribution in [2.24, 2.45) is 0 Å². The second-order valence-electron chi connectivity index (χ2n) is 5.44. The number of hydrogen-bond acceptors (Lipinski definition) is 4. The molecule has 0 saturated carbocycles. The predicted octanol–water partition coefficient (Wildman–Crippen LogP) is 5.18. The highest BCUT2D eigenvalue weighted by molar-refractivity contribution is 7.13. The molecule has 0 amide bonds. The normalized spacial score (nSPS) is 10.7. The zero-order valence-corrected chi connectivity index (χ0v) is 13.9. The van der Waals surface area contributed by atoms with Crippen LogP contribution in [0.15, 0.2) is 78.2 Å². The molecule has 4 rings (SSSR count). The molecule has 25 heavy (non-hydrogen) atoms. The van der Waals surface area contributed by atoms with Crippen LogP contribution >= 0.6 is 11.3 Å².